The van der Waals surface area contributed by atoms with Crippen molar-refractivity contribution in [2.24, 2.45) is 0 Å². The number of carbonyl (C=O) groups excluding carboxylic acids is 1. The van der Waals surface area contributed by atoms with Gasteiger partial charge in [0, 0.05) is 39.1 Å². The molecule has 0 unspecified atom stereocenters. The SMILES string of the molecule is C/C=C/n1c(-c2ccccc2Cl)nc2c(N3CCC(C=O)(NCC)CC3)ncnc21.C=CCC.COC. The first-order valence-electron chi connectivity index (χ1n) is 12.5. The van der Waals surface area contributed by atoms with Gasteiger partial charge in [-0.2, -0.15) is 0 Å². The number of hydrogen-bond acceptors (Lipinski definition) is 7. The molecule has 0 saturated carbocycles. The zero-order valence-corrected chi connectivity index (χ0v) is 23.3. The Bertz CT molecular complexity index is 1170. The van der Waals surface area contributed by atoms with Gasteiger partial charge in [0.15, 0.2) is 17.0 Å². The van der Waals surface area contributed by atoms with E-state index >= 15 is 0 Å². The van der Waals surface area contributed by atoms with E-state index in [0.717, 1.165) is 73.6 Å². The van der Waals surface area contributed by atoms with Crippen LogP contribution in [0.5, 0.6) is 0 Å². The molecule has 0 spiro atoms. The Balaban J connectivity index is 0.000000616. The average Bonchev–Trinajstić information content (AvgIpc) is 3.29. The van der Waals surface area contributed by atoms with Crippen LogP contribution in [0.3, 0.4) is 0 Å². The summed E-state index contributed by atoms with van der Waals surface area (Å²) in [6.45, 7) is 11.7. The van der Waals surface area contributed by atoms with Crippen molar-refractivity contribution in [2.75, 3.05) is 38.8 Å². The van der Waals surface area contributed by atoms with E-state index in [1.54, 1.807) is 20.5 Å². The van der Waals surface area contributed by atoms with Gasteiger partial charge in [0.2, 0.25) is 0 Å². The molecule has 3 aromatic rings. The van der Waals surface area contributed by atoms with Gasteiger partial charge in [-0.15, -0.1) is 6.58 Å². The van der Waals surface area contributed by atoms with Crippen molar-refractivity contribution < 1.29 is 9.53 Å². The summed E-state index contributed by atoms with van der Waals surface area (Å²) in [5.74, 6) is 1.51. The van der Waals surface area contributed by atoms with E-state index in [1.807, 2.05) is 61.0 Å². The minimum atomic E-state index is -0.454. The van der Waals surface area contributed by atoms with Gasteiger partial charge in [0.1, 0.15) is 18.4 Å². The molecule has 1 N–H and O–H groups in total. The molecule has 0 amide bonds. The van der Waals surface area contributed by atoms with Gasteiger partial charge in [-0.05, 0) is 44.9 Å². The molecular weight excluding hydrogens is 488 g/mol. The fourth-order valence-corrected chi connectivity index (χ4v) is 4.28. The van der Waals surface area contributed by atoms with Crippen LogP contribution in [0.1, 0.15) is 40.0 Å². The number of imidazole rings is 1. The largest absolute Gasteiger partial charge is 0.388 e. The molecule has 9 heteroatoms. The Morgan fingerprint density at radius 1 is 1.19 bits per heavy atom. The molecule has 1 saturated heterocycles. The summed E-state index contributed by atoms with van der Waals surface area (Å²) in [6, 6.07) is 7.65. The Morgan fingerprint density at radius 2 is 1.84 bits per heavy atom. The van der Waals surface area contributed by atoms with E-state index in [4.69, 9.17) is 16.6 Å². The number of methoxy groups -OCH3 is 1. The lowest BCUT2D eigenvalue weighted by Gasteiger charge is -2.39. The number of carbonyl (C=O) groups is 1. The van der Waals surface area contributed by atoms with Crippen LogP contribution in [0.4, 0.5) is 5.82 Å². The molecule has 200 valence electrons. The summed E-state index contributed by atoms with van der Waals surface area (Å²) < 4.78 is 6.19. The maximum Gasteiger partial charge on any atom is 0.170 e. The first-order chi connectivity index (χ1) is 17.9. The number of ether oxygens (including phenoxy) is 1. The van der Waals surface area contributed by atoms with Gasteiger partial charge in [-0.1, -0.05) is 49.7 Å². The molecule has 8 nitrogen and oxygen atoms in total. The van der Waals surface area contributed by atoms with E-state index in [2.05, 4.69) is 38.4 Å². The highest BCUT2D eigenvalue weighted by Crippen LogP contribution is 2.34. The monoisotopic (exact) mass is 526 g/mol. The van der Waals surface area contributed by atoms with Crippen LogP contribution in [-0.4, -0.2) is 65.2 Å². The smallest absolute Gasteiger partial charge is 0.170 e. The van der Waals surface area contributed by atoms with Gasteiger partial charge in [0.25, 0.3) is 0 Å². The number of likely N-dealkylation sites (N-methyl/N-ethyl adjacent to an activating group) is 1. The Labute approximate surface area is 225 Å². The van der Waals surface area contributed by atoms with Crippen LogP contribution in [0, 0.1) is 0 Å². The zero-order valence-electron chi connectivity index (χ0n) is 22.6. The molecule has 1 aliphatic rings. The highest BCUT2D eigenvalue weighted by molar-refractivity contribution is 6.33. The highest BCUT2D eigenvalue weighted by Gasteiger charge is 2.34. The maximum atomic E-state index is 11.7. The van der Waals surface area contributed by atoms with Crippen molar-refractivity contribution in [3.05, 3.63) is 54.3 Å². The fourth-order valence-electron chi connectivity index (χ4n) is 4.06. The molecule has 3 heterocycles. The molecular formula is C28H39ClN6O2. The number of aldehydes is 1. The van der Waals surface area contributed by atoms with E-state index < -0.39 is 5.54 Å². The molecule has 37 heavy (non-hydrogen) atoms. The van der Waals surface area contributed by atoms with Gasteiger partial charge in [0.05, 0.1) is 10.6 Å². The van der Waals surface area contributed by atoms with Crippen molar-refractivity contribution in [3.63, 3.8) is 0 Å². The second kappa shape index (κ2) is 15.2. The van der Waals surface area contributed by atoms with Crippen molar-refractivity contribution in [1.82, 2.24) is 24.8 Å². The van der Waals surface area contributed by atoms with Crippen molar-refractivity contribution in [2.45, 2.75) is 45.6 Å². The van der Waals surface area contributed by atoms with Crippen LogP contribution in [0.25, 0.3) is 28.8 Å². The summed E-state index contributed by atoms with van der Waals surface area (Å²) in [6.07, 6.45) is 10.9. The number of benzene rings is 1. The van der Waals surface area contributed by atoms with Crippen LogP contribution >= 0.6 is 11.6 Å². The van der Waals surface area contributed by atoms with Gasteiger partial charge in [-0.3, -0.25) is 4.57 Å². The maximum absolute atomic E-state index is 11.7. The quantitative estimate of drug-likeness (QED) is 0.315. The van der Waals surface area contributed by atoms with Gasteiger partial charge >= 0.3 is 0 Å². The number of nitrogens with one attached hydrogen (secondary N) is 1. The first-order valence-corrected chi connectivity index (χ1v) is 12.9. The van der Waals surface area contributed by atoms with Crippen LogP contribution in [-0.2, 0) is 9.53 Å². The van der Waals surface area contributed by atoms with Crippen LogP contribution < -0.4 is 10.2 Å². The van der Waals surface area contributed by atoms with Crippen molar-refractivity contribution in [3.8, 4) is 11.4 Å². The minimum Gasteiger partial charge on any atom is -0.388 e. The number of allylic oxidation sites excluding steroid dienone is 2. The van der Waals surface area contributed by atoms with Crippen LogP contribution in [0.15, 0.2) is 49.3 Å². The third kappa shape index (κ3) is 7.47. The summed E-state index contributed by atoms with van der Waals surface area (Å²) in [5, 5.41) is 3.98. The zero-order chi connectivity index (χ0) is 27.3. The molecule has 0 radical (unpaired) electrons. The third-order valence-electron chi connectivity index (χ3n) is 5.87. The number of hydrogen-bond donors (Lipinski definition) is 1. The molecule has 1 aromatic carbocycles. The number of fused-ring (bicyclic) bond motifs is 1. The topological polar surface area (TPSA) is 85.2 Å². The summed E-state index contributed by atoms with van der Waals surface area (Å²) in [4.78, 5) is 27.8. The lowest BCUT2D eigenvalue weighted by molar-refractivity contribution is -0.114. The normalized spacial score (nSPS) is 14.5. The first kappa shape index (κ1) is 30.2. The fraction of sp³-hybridized carbons (Fsp3) is 0.429. The average molecular weight is 527 g/mol. The minimum absolute atomic E-state index is 0.454. The van der Waals surface area contributed by atoms with Crippen LogP contribution in [0.2, 0.25) is 5.02 Å². The summed E-state index contributed by atoms with van der Waals surface area (Å²) in [5.41, 5.74) is 1.84. The summed E-state index contributed by atoms with van der Waals surface area (Å²) >= 11 is 6.46. The van der Waals surface area contributed by atoms with Gasteiger partial charge < -0.3 is 19.7 Å². The second-order valence-electron chi connectivity index (χ2n) is 8.53. The number of anilines is 1. The Morgan fingerprint density at radius 3 is 2.38 bits per heavy atom. The number of halogens is 1. The lowest BCUT2D eigenvalue weighted by Crippen LogP contribution is -2.54. The number of piperidine rings is 1. The van der Waals surface area contributed by atoms with E-state index in [-0.39, 0.29) is 0 Å². The Hall–Kier alpha value is -3.07. The highest BCUT2D eigenvalue weighted by atomic mass is 35.5. The van der Waals surface area contributed by atoms with E-state index in [9.17, 15) is 4.79 Å². The summed E-state index contributed by atoms with van der Waals surface area (Å²) in [7, 11) is 3.25. The molecule has 2 aromatic heterocycles. The predicted molar refractivity (Wildman–Crippen MR) is 154 cm³/mol. The molecule has 0 atom stereocenters. The standard InChI is InChI=1S/C22H25ClN6O.C4H8.C2H6O/c1-3-11-29-19(16-7-5-6-8-17(16)23)27-18-20(24-15-25-21(18)29)28-12-9-22(14-30,10-13-28)26-4-2;1-3-4-2;1-3-2/h3,5-8,11,14-15,26H,4,9-10,12-13H2,1-2H3;3H,1,4H2,2H3;1-2H3/b11-3+;;. The molecule has 4 rings (SSSR count). The predicted octanol–water partition coefficient (Wildman–Crippen LogP) is 5.63. The molecule has 0 bridgehead atoms. The van der Waals surface area contributed by atoms with Gasteiger partial charge in [-0.25, -0.2) is 15.0 Å². The van der Waals surface area contributed by atoms with Crippen molar-refractivity contribution in [1.29, 1.82) is 0 Å². The second-order valence-corrected chi connectivity index (χ2v) is 8.94. The number of rotatable bonds is 7. The van der Waals surface area contributed by atoms with E-state index in [0.29, 0.717) is 5.02 Å². The van der Waals surface area contributed by atoms with Crippen molar-refractivity contribution >= 4 is 41.1 Å². The number of aromatic nitrogens is 4. The Kier molecular flexibility index (Phi) is 12.4. The molecule has 0 aliphatic carbocycles. The number of nitrogens with zero attached hydrogens (tertiary/aromatic N) is 5. The van der Waals surface area contributed by atoms with E-state index in [1.165, 1.54) is 0 Å². The third-order valence-corrected chi connectivity index (χ3v) is 6.20. The lowest BCUT2D eigenvalue weighted by atomic mass is 9.89. The molecule has 1 aliphatic heterocycles. The molecule has 1 fully saturated rings.